The first kappa shape index (κ1) is 20.0. The van der Waals surface area contributed by atoms with Crippen LogP contribution in [0.1, 0.15) is 25.5 Å². The summed E-state index contributed by atoms with van der Waals surface area (Å²) in [6.07, 6.45) is 0. The van der Waals surface area contributed by atoms with Crippen molar-refractivity contribution < 1.29 is 9.53 Å². The minimum Gasteiger partial charge on any atom is -0.379 e. The van der Waals surface area contributed by atoms with Crippen LogP contribution < -0.4 is 10.2 Å². The van der Waals surface area contributed by atoms with Crippen LogP contribution >= 0.6 is 11.6 Å². The summed E-state index contributed by atoms with van der Waals surface area (Å²) in [5.74, 6) is 0.296. The van der Waals surface area contributed by atoms with E-state index in [4.69, 9.17) is 16.3 Å². The molecule has 0 radical (unpaired) electrons. The van der Waals surface area contributed by atoms with E-state index in [1.54, 1.807) is 0 Å². The lowest BCUT2D eigenvalue weighted by atomic mass is 9.95. The van der Waals surface area contributed by atoms with E-state index in [-0.39, 0.29) is 11.9 Å². The summed E-state index contributed by atoms with van der Waals surface area (Å²) in [4.78, 5) is 16.9. The number of hydrogen-bond acceptors (Lipinski definition) is 4. The average molecular weight is 368 g/mol. The van der Waals surface area contributed by atoms with Crippen molar-refractivity contribution in [1.29, 1.82) is 0 Å². The smallest absolute Gasteiger partial charge is 0.226 e. The maximum Gasteiger partial charge on any atom is 0.226 e. The van der Waals surface area contributed by atoms with Gasteiger partial charge in [-0.25, -0.2) is 0 Å². The molecule has 1 aromatic rings. The van der Waals surface area contributed by atoms with Crippen molar-refractivity contribution in [3.63, 3.8) is 0 Å². The van der Waals surface area contributed by atoms with Crippen LogP contribution in [0.4, 0.5) is 5.69 Å². The monoisotopic (exact) mass is 367 g/mol. The minimum atomic E-state index is -0.564. The van der Waals surface area contributed by atoms with Gasteiger partial charge in [-0.2, -0.15) is 0 Å². The Kier molecular flexibility index (Phi) is 7.11. The molecule has 1 aliphatic rings. The van der Waals surface area contributed by atoms with Crippen molar-refractivity contribution in [3.05, 3.63) is 29.8 Å². The lowest BCUT2D eigenvalue weighted by Crippen LogP contribution is -2.46. The quantitative estimate of drug-likeness (QED) is 0.752. The summed E-state index contributed by atoms with van der Waals surface area (Å²) < 4.78 is 5.48. The van der Waals surface area contributed by atoms with Gasteiger partial charge in [0.1, 0.15) is 0 Å². The molecule has 1 saturated heterocycles. The van der Waals surface area contributed by atoms with E-state index in [2.05, 4.69) is 39.4 Å². The Morgan fingerprint density at radius 3 is 2.40 bits per heavy atom. The fourth-order valence-electron chi connectivity index (χ4n) is 2.83. The molecule has 0 aromatic heterocycles. The number of ether oxygens (including phenoxy) is 1. The first-order valence-corrected chi connectivity index (χ1v) is 9.32. The summed E-state index contributed by atoms with van der Waals surface area (Å²) in [7, 11) is 4.06. The van der Waals surface area contributed by atoms with E-state index >= 15 is 0 Å². The highest BCUT2D eigenvalue weighted by molar-refractivity contribution is 6.19. The zero-order chi connectivity index (χ0) is 18.4. The highest BCUT2D eigenvalue weighted by Gasteiger charge is 2.29. The minimum absolute atomic E-state index is 0.00864. The molecule has 0 spiro atoms. The molecule has 0 aliphatic carbocycles. The number of alkyl halides is 1. The van der Waals surface area contributed by atoms with Crippen LogP contribution in [0, 0.1) is 5.41 Å². The van der Waals surface area contributed by atoms with Crippen molar-refractivity contribution in [3.8, 4) is 0 Å². The molecule has 1 aromatic carbocycles. The lowest BCUT2D eigenvalue weighted by Gasteiger charge is -2.35. The van der Waals surface area contributed by atoms with Gasteiger partial charge in [-0.3, -0.25) is 9.69 Å². The molecule has 1 N–H and O–H groups in total. The highest BCUT2D eigenvalue weighted by Crippen LogP contribution is 2.24. The highest BCUT2D eigenvalue weighted by atomic mass is 35.5. The number of anilines is 1. The van der Waals surface area contributed by atoms with Crippen LogP contribution in [0.2, 0.25) is 0 Å². The van der Waals surface area contributed by atoms with E-state index < -0.39 is 5.41 Å². The number of carbonyl (C=O) groups excluding carboxylic acids is 1. The summed E-state index contributed by atoms with van der Waals surface area (Å²) in [6.45, 7) is 7.50. The molecular formula is C19H30ClN3O2. The number of benzene rings is 1. The molecule has 140 valence electrons. The molecule has 1 aliphatic heterocycles. The van der Waals surface area contributed by atoms with Gasteiger partial charge in [0.2, 0.25) is 5.91 Å². The third kappa shape index (κ3) is 5.33. The predicted octanol–water partition coefficient (Wildman–Crippen LogP) is 2.51. The molecular weight excluding hydrogens is 338 g/mol. The summed E-state index contributed by atoms with van der Waals surface area (Å²) in [5, 5.41) is 3.09. The van der Waals surface area contributed by atoms with Crippen LogP contribution in [0.25, 0.3) is 0 Å². The molecule has 25 heavy (non-hydrogen) atoms. The molecule has 0 unspecified atom stereocenters. The average Bonchev–Trinajstić information content (AvgIpc) is 2.63. The molecule has 0 saturated carbocycles. The normalized spacial score (nSPS) is 17.2. The number of nitrogens with one attached hydrogen (secondary N) is 1. The Bertz CT molecular complexity index is 554. The van der Waals surface area contributed by atoms with Crippen LogP contribution in [-0.4, -0.2) is 63.6 Å². The Balaban J connectivity index is 2.14. The zero-order valence-corrected chi connectivity index (χ0v) is 16.5. The molecule has 0 bridgehead atoms. The van der Waals surface area contributed by atoms with Gasteiger partial charge >= 0.3 is 0 Å². The van der Waals surface area contributed by atoms with Gasteiger partial charge in [0.15, 0.2) is 0 Å². The predicted molar refractivity (Wildman–Crippen MR) is 103 cm³/mol. The number of nitrogens with zero attached hydrogens (tertiary/aromatic N) is 2. The van der Waals surface area contributed by atoms with Gasteiger partial charge in [-0.05, 0) is 31.5 Å². The van der Waals surface area contributed by atoms with Gasteiger partial charge in [-0.1, -0.05) is 12.1 Å². The fourth-order valence-corrected chi connectivity index (χ4v) is 2.95. The van der Waals surface area contributed by atoms with Gasteiger partial charge in [0.25, 0.3) is 0 Å². The van der Waals surface area contributed by atoms with Gasteiger partial charge in [0.05, 0.1) is 24.7 Å². The molecule has 1 atom stereocenters. The second kappa shape index (κ2) is 8.88. The standard InChI is InChI=1S/C19H30ClN3O2/c1-19(2,14-20)18(24)21-13-17(23-9-11-25-12-10-23)15-5-7-16(8-6-15)22(3)4/h5-8,17H,9-14H2,1-4H3,(H,21,24)/t17-/m0/s1. The van der Waals surface area contributed by atoms with E-state index in [1.165, 1.54) is 5.56 Å². The topological polar surface area (TPSA) is 44.8 Å². The number of hydrogen-bond donors (Lipinski definition) is 1. The van der Waals surface area contributed by atoms with E-state index in [1.807, 2.05) is 27.9 Å². The lowest BCUT2D eigenvalue weighted by molar-refractivity contribution is -0.128. The van der Waals surface area contributed by atoms with Crippen LogP contribution in [-0.2, 0) is 9.53 Å². The zero-order valence-electron chi connectivity index (χ0n) is 15.7. The summed E-state index contributed by atoms with van der Waals surface area (Å²) >= 11 is 5.92. The maximum absolute atomic E-state index is 12.4. The number of carbonyl (C=O) groups is 1. The second-order valence-corrected chi connectivity index (χ2v) is 7.64. The van der Waals surface area contributed by atoms with Crippen molar-refractivity contribution in [2.24, 2.45) is 5.41 Å². The third-order valence-corrected chi connectivity index (χ3v) is 5.35. The van der Waals surface area contributed by atoms with Crippen molar-refractivity contribution in [1.82, 2.24) is 10.2 Å². The van der Waals surface area contributed by atoms with Crippen molar-refractivity contribution in [2.45, 2.75) is 19.9 Å². The van der Waals surface area contributed by atoms with Crippen molar-refractivity contribution >= 4 is 23.2 Å². The van der Waals surface area contributed by atoms with Gasteiger partial charge < -0.3 is 15.0 Å². The Labute approximate surface area is 156 Å². The van der Waals surface area contributed by atoms with E-state index in [0.717, 1.165) is 32.0 Å². The molecule has 1 amide bonds. The van der Waals surface area contributed by atoms with E-state index in [0.29, 0.717) is 12.4 Å². The number of halogens is 1. The first-order chi connectivity index (χ1) is 11.8. The van der Waals surface area contributed by atoms with Crippen molar-refractivity contribution in [2.75, 3.05) is 57.7 Å². The second-order valence-electron chi connectivity index (χ2n) is 7.38. The molecule has 1 heterocycles. The Morgan fingerprint density at radius 1 is 1.28 bits per heavy atom. The number of morpholine rings is 1. The largest absolute Gasteiger partial charge is 0.379 e. The summed E-state index contributed by atoms with van der Waals surface area (Å²) in [6, 6.07) is 8.67. The van der Waals surface area contributed by atoms with Crippen LogP contribution in [0.5, 0.6) is 0 Å². The van der Waals surface area contributed by atoms with Crippen LogP contribution in [0.15, 0.2) is 24.3 Å². The Morgan fingerprint density at radius 2 is 1.88 bits per heavy atom. The van der Waals surface area contributed by atoms with Gasteiger partial charge in [-0.15, -0.1) is 11.6 Å². The number of rotatable bonds is 7. The maximum atomic E-state index is 12.4. The molecule has 2 rings (SSSR count). The van der Waals surface area contributed by atoms with Gasteiger partial charge in [0, 0.05) is 45.3 Å². The Hall–Kier alpha value is -1.30. The molecule has 5 nitrogen and oxygen atoms in total. The fraction of sp³-hybridized carbons (Fsp3) is 0.632. The first-order valence-electron chi connectivity index (χ1n) is 8.78. The third-order valence-electron chi connectivity index (χ3n) is 4.69. The molecule has 6 heteroatoms. The molecule has 1 fully saturated rings. The number of amides is 1. The SMILES string of the molecule is CN(C)c1ccc([C@H](CNC(=O)C(C)(C)CCl)N2CCOCC2)cc1. The van der Waals surface area contributed by atoms with E-state index in [9.17, 15) is 4.79 Å². The summed E-state index contributed by atoms with van der Waals surface area (Å²) in [5.41, 5.74) is 1.81. The van der Waals surface area contributed by atoms with Crippen LogP contribution in [0.3, 0.4) is 0 Å².